The Morgan fingerprint density at radius 3 is 2.58 bits per heavy atom. The van der Waals surface area contributed by atoms with E-state index >= 15 is 0 Å². The largest absolute Gasteiger partial charge is 0.356 e. The van der Waals surface area contributed by atoms with Gasteiger partial charge in [-0.1, -0.05) is 37.6 Å². The van der Waals surface area contributed by atoms with Gasteiger partial charge in [-0.15, -0.1) is 0 Å². The Morgan fingerprint density at radius 2 is 2.00 bits per heavy atom. The van der Waals surface area contributed by atoms with Crippen LogP contribution in [0.5, 0.6) is 0 Å². The Morgan fingerprint density at radius 1 is 1.32 bits per heavy atom. The topological polar surface area (TPSA) is 55.1 Å². The summed E-state index contributed by atoms with van der Waals surface area (Å²) in [6, 6.07) is 6.33. The SMILES string of the molecule is Cc1ccc(C)c(C(CN)CC(=O)NCC(C)C)c1. The molecule has 0 aliphatic rings. The van der Waals surface area contributed by atoms with Gasteiger partial charge in [-0.25, -0.2) is 0 Å². The first-order valence-corrected chi connectivity index (χ1v) is 6.98. The third kappa shape index (κ3) is 5.03. The summed E-state index contributed by atoms with van der Waals surface area (Å²) in [6.45, 7) is 9.54. The van der Waals surface area contributed by atoms with E-state index in [1.165, 1.54) is 16.7 Å². The number of hydrogen-bond acceptors (Lipinski definition) is 2. The fourth-order valence-corrected chi connectivity index (χ4v) is 2.13. The van der Waals surface area contributed by atoms with Crippen molar-refractivity contribution in [2.24, 2.45) is 11.7 Å². The second-order valence-corrected chi connectivity index (χ2v) is 5.69. The molecule has 106 valence electrons. The van der Waals surface area contributed by atoms with Gasteiger partial charge in [0.15, 0.2) is 0 Å². The van der Waals surface area contributed by atoms with E-state index in [2.05, 4.69) is 51.2 Å². The quantitative estimate of drug-likeness (QED) is 0.827. The summed E-state index contributed by atoms with van der Waals surface area (Å²) < 4.78 is 0. The summed E-state index contributed by atoms with van der Waals surface area (Å²) in [7, 11) is 0. The monoisotopic (exact) mass is 262 g/mol. The molecule has 0 heterocycles. The molecule has 1 aromatic carbocycles. The number of nitrogens with two attached hydrogens (primary N) is 1. The van der Waals surface area contributed by atoms with Crippen molar-refractivity contribution in [2.45, 2.75) is 40.0 Å². The van der Waals surface area contributed by atoms with Crippen LogP contribution in [0.25, 0.3) is 0 Å². The molecular weight excluding hydrogens is 236 g/mol. The zero-order valence-corrected chi connectivity index (χ0v) is 12.5. The number of nitrogens with one attached hydrogen (secondary N) is 1. The van der Waals surface area contributed by atoms with Gasteiger partial charge < -0.3 is 11.1 Å². The van der Waals surface area contributed by atoms with Crippen LogP contribution in [0.3, 0.4) is 0 Å². The molecule has 0 aliphatic heterocycles. The van der Waals surface area contributed by atoms with Crippen molar-refractivity contribution < 1.29 is 4.79 Å². The average molecular weight is 262 g/mol. The predicted molar refractivity (Wildman–Crippen MR) is 80.2 cm³/mol. The van der Waals surface area contributed by atoms with Crippen LogP contribution >= 0.6 is 0 Å². The van der Waals surface area contributed by atoms with E-state index in [0.29, 0.717) is 18.9 Å². The highest BCUT2D eigenvalue weighted by Crippen LogP contribution is 2.23. The van der Waals surface area contributed by atoms with Crippen LogP contribution in [-0.4, -0.2) is 19.0 Å². The van der Waals surface area contributed by atoms with Crippen molar-refractivity contribution in [3.05, 3.63) is 34.9 Å². The van der Waals surface area contributed by atoms with E-state index in [9.17, 15) is 4.79 Å². The molecule has 0 bridgehead atoms. The third-order valence-corrected chi connectivity index (χ3v) is 3.30. The highest BCUT2D eigenvalue weighted by atomic mass is 16.1. The molecule has 1 atom stereocenters. The van der Waals surface area contributed by atoms with Gasteiger partial charge in [0.1, 0.15) is 0 Å². The minimum absolute atomic E-state index is 0.0880. The molecule has 0 saturated carbocycles. The lowest BCUT2D eigenvalue weighted by atomic mass is 9.90. The lowest BCUT2D eigenvalue weighted by Crippen LogP contribution is -2.30. The standard InChI is InChI=1S/C16H26N2O/c1-11(2)10-18-16(19)8-14(9-17)15-7-12(3)5-6-13(15)4/h5-7,11,14H,8-10,17H2,1-4H3,(H,18,19). The molecule has 1 aromatic rings. The van der Waals surface area contributed by atoms with Crippen molar-refractivity contribution in [2.75, 3.05) is 13.1 Å². The van der Waals surface area contributed by atoms with Gasteiger partial charge in [0, 0.05) is 18.9 Å². The van der Waals surface area contributed by atoms with Crippen LogP contribution in [-0.2, 0) is 4.79 Å². The zero-order valence-electron chi connectivity index (χ0n) is 12.5. The van der Waals surface area contributed by atoms with Crippen molar-refractivity contribution >= 4 is 5.91 Å². The molecule has 0 fully saturated rings. The number of rotatable bonds is 6. The minimum atomic E-state index is 0.0880. The average Bonchev–Trinajstić information content (AvgIpc) is 2.36. The van der Waals surface area contributed by atoms with Crippen LogP contribution in [0.4, 0.5) is 0 Å². The molecule has 0 spiro atoms. The molecule has 1 rings (SSSR count). The van der Waals surface area contributed by atoms with Crippen molar-refractivity contribution in [3.63, 3.8) is 0 Å². The third-order valence-electron chi connectivity index (χ3n) is 3.30. The van der Waals surface area contributed by atoms with Gasteiger partial charge >= 0.3 is 0 Å². The van der Waals surface area contributed by atoms with Crippen molar-refractivity contribution in [1.29, 1.82) is 0 Å². The normalized spacial score (nSPS) is 12.5. The van der Waals surface area contributed by atoms with Crippen molar-refractivity contribution in [1.82, 2.24) is 5.32 Å². The number of amides is 1. The van der Waals surface area contributed by atoms with Crippen LogP contribution in [0.1, 0.15) is 42.9 Å². The second kappa shape index (κ2) is 7.29. The summed E-state index contributed by atoms with van der Waals surface area (Å²) in [5.41, 5.74) is 9.46. The molecular formula is C16H26N2O. The molecule has 1 amide bonds. The highest BCUT2D eigenvalue weighted by molar-refractivity contribution is 5.77. The fourth-order valence-electron chi connectivity index (χ4n) is 2.13. The Balaban J connectivity index is 2.72. The summed E-state index contributed by atoms with van der Waals surface area (Å²) >= 11 is 0. The lowest BCUT2D eigenvalue weighted by molar-refractivity contribution is -0.121. The van der Waals surface area contributed by atoms with E-state index < -0.39 is 0 Å². The van der Waals surface area contributed by atoms with Crippen LogP contribution in [0.15, 0.2) is 18.2 Å². The Labute approximate surface area is 116 Å². The van der Waals surface area contributed by atoms with Crippen LogP contribution in [0.2, 0.25) is 0 Å². The van der Waals surface area contributed by atoms with E-state index in [-0.39, 0.29) is 11.8 Å². The van der Waals surface area contributed by atoms with Gasteiger partial charge in [0.05, 0.1) is 0 Å². The zero-order chi connectivity index (χ0) is 14.4. The van der Waals surface area contributed by atoms with Crippen molar-refractivity contribution in [3.8, 4) is 0 Å². The van der Waals surface area contributed by atoms with Gasteiger partial charge in [-0.2, -0.15) is 0 Å². The maximum atomic E-state index is 11.9. The molecule has 0 aliphatic carbocycles. The molecule has 0 aromatic heterocycles. The molecule has 0 radical (unpaired) electrons. The van der Waals surface area contributed by atoms with Gasteiger partial charge in [-0.3, -0.25) is 4.79 Å². The molecule has 3 nitrogen and oxygen atoms in total. The summed E-state index contributed by atoms with van der Waals surface area (Å²) in [6.07, 6.45) is 0.466. The predicted octanol–water partition coefficient (Wildman–Crippen LogP) is 2.51. The summed E-state index contributed by atoms with van der Waals surface area (Å²) in [5, 5.41) is 2.96. The van der Waals surface area contributed by atoms with E-state index in [1.54, 1.807) is 0 Å². The minimum Gasteiger partial charge on any atom is -0.356 e. The first-order valence-electron chi connectivity index (χ1n) is 6.98. The number of hydrogen-bond donors (Lipinski definition) is 2. The molecule has 1 unspecified atom stereocenters. The van der Waals surface area contributed by atoms with E-state index in [4.69, 9.17) is 5.73 Å². The molecule has 19 heavy (non-hydrogen) atoms. The maximum absolute atomic E-state index is 11.9. The lowest BCUT2D eigenvalue weighted by Gasteiger charge is -2.18. The first kappa shape index (κ1) is 15.7. The molecule has 0 saturated heterocycles. The number of carbonyl (C=O) groups is 1. The van der Waals surface area contributed by atoms with Crippen LogP contribution in [0, 0.1) is 19.8 Å². The Bertz CT molecular complexity index is 427. The van der Waals surface area contributed by atoms with Gasteiger partial charge in [0.2, 0.25) is 5.91 Å². The highest BCUT2D eigenvalue weighted by Gasteiger charge is 2.16. The molecule has 3 N–H and O–H groups in total. The maximum Gasteiger partial charge on any atom is 0.220 e. The van der Waals surface area contributed by atoms with E-state index in [1.807, 2.05) is 0 Å². The van der Waals surface area contributed by atoms with Crippen LogP contribution < -0.4 is 11.1 Å². The summed E-state index contributed by atoms with van der Waals surface area (Å²) in [4.78, 5) is 11.9. The second-order valence-electron chi connectivity index (χ2n) is 5.69. The van der Waals surface area contributed by atoms with Gasteiger partial charge in [-0.05, 0) is 37.4 Å². The Hall–Kier alpha value is -1.35. The fraction of sp³-hybridized carbons (Fsp3) is 0.562. The first-order chi connectivity index (χ1) is 8.93. The Kier molecular flexibility index (Phi) is 6.03. The summed E-state index contributed by atoms with van der Waals surface area (Å²) in [5.74, 6) is 0.665. The molecule has 3 heteroatoms. The number of carbonyl (C=O) groups excluding carboxylic acids is 1. The van der Waals surface area contributed by atoms with Gasteiger partial charge in [0.25, 0.3) is 0 Å². The van der Waals surface area contributed by atoms with E-state index in [0.717, 1.165) is 6.54 Å². The smallest absolute Gasteiger partial charge is 0.220 e. The number of aryl methyl sites for hydroxylation is 2. The number of benzene rings is 1.